The van der Waals surface area contributed by atoms with Crippen LogP contribution < -0.4 is 0 Å². The lowest BCUT2D eigenvalue weighted by molar-refractivity contribution is 0.0913. The first-order valence-electron chi connectivity index (χ1n) is 8.46. The molecular formula is C18H32O2. The standard InChI is InChI=1S/C18H32O2/c1-3-5-7-9-15-19-17-11-13-18(14-12-17)20-16-10-8-6-4-2/h11-14,17-18H,3-10,15-16H2,1-2H3. The fourth-order valence-corrected chi connectivity index (χ4v) is 2.29. The van der Waals surface area contributed by atoms with Gasteiger partial charge in [0.25, 0.3) is 0 Å². The second kappa shape index (κ2) is 12.2. The van der Waals surface area contributed by atoms with E-state index in [-0.39, 0.29) is 12.2 Å². The summed E-state index contributed by atoms with van der Waals surface area (Å²) in [5.41, 5.74) is 0. The summed E-state index contributed by atoms with van der Waals surface area (Å²) in [7, 11) is 0. The van der Waals surface area contributed by atoms with Gasteiger partial charge in [-0.3, -0.25) is 0 Å². The van der Waals surface area contributed by atoms with E-state index in [0.29, 0.717) is 0 Å². The first kappa shape index (κ1) is 17.5. The molecule has 1 rings (SSSR count). The normalized spacial score (nSPS) is 21.5. The average Bonchev–Trinajstić information content (AvgIpc) is 2.48. The monoisotopic (exact) mass is 280 g/mol. The van der Waals surface area contributed by atoms with Gasteiger partial charge in [-0.05, 0) is 12.8 Å². The number of hydrogen-bond donors (Lipinski definition) is 0. The highest BCUT2D eigenvalue weighted by atomic mass is 16.5. The van der Waals surface area contributed by atoms with Crippen molar-refractivity contribution in [2.24, 2.45) is 0 Å². The zero-order valence-corrected chi connectivity index (χ0v) is 13.4. The molecule has 0 saturated carbocycles. The third-order valence-electron chi connectivity index (χ3n) is 3.60. The molecule has 0 saturated heterocycles. The number of hydrogen-bond acceptors (Lipinski definition) is 2. The van der Waals surface area contributed by atoms with Gasteiger partial charge in [0.1, 0.15) is 0 Å². The van der Waals surface area contributed by atoms with Crippen LogP contribution >= 0.6 is 0 Å². The van der Waals surface area contributed by atoms with E-state index < -0.39 is 0 Å². The zero-order chi connectivity index (χ0) is 14.5. The molecule has 0 aromatic rings. The molecule has 2 heteroatoms. The summed E-state index contributed by atoms with van der Waals surface area (Å²) < 4.78 is 11.6. The summed E-state index contributed by atoms with van der Waals surface area (Å²) in [6.45, 7) is 6.19. The minimum absolute atomic E-state index is 0.150. The van der Waals surface area contributed by atoms with E-state index in [0.717, 1.165) is 13.2 Å². The van der Waals surface area contributed by atoms with Crippen molar-refractivity contribution < 1.29 is 9.47 Å². The lowest BCUT2D eigenvalue weighted by atomic mass is 10.1. The highest BCUT2D eigenvalue weighted by molar-refractivity contribution is 5.16. The number of ether oxygens (including phenoxy) is 2. The second-order valence-electron chi connectivity index (χ2n) is 5.56. The van der Waals surface area contributed by atoms with E-state index in [1.807, 2.05) is 0 Å². The second-order valence-corrected chi connectivity index (χ2v) is 5.56. The molecule has 116 valence electrons. The predicted molar refractivity (Wildman–Crippen MR) is 86.0 cm³/mol. The molecule has 0 bridgehead atoms. The maximum Gasteiger partial charge on any atom is 0.0939 e. The Morgan fingerprint density at radius 2 is 1.00 bits per heavy atom. The van der Waals surface area contributed by atoms with Crippen LogP contribution in [0, 0.1) is 0 Å². The van der Waals surface area contributed by atoms with Gasteiger partial charge in [-0.25, -0.2) is 0 Å². The Bertz CT molecular complexity index is 231. The quantitative estimate of drug-likeness (QED) is 0.368. The molecular weight excluding hydrogens is 248 g/mol. The summed E-state index contributed by atoms with van der Waals surface area (Å²) in [4.78, 5) is 0. The molecule has 1 aliphatic rings. The number of unbranched alkanes of at least 4 members (excludes halogenated alkanes) is 6. The molecule has 1 aliphatic carbocycles. The minimum atomic E-state index is 0.150. The third kappa shape index (κ3) is 8.55. The van der Waals surface area contributed by atoms with Crippen LogP contribution in [0.1, 0.15) is 65.2 Å². The van der Waals surface area contributed by atoms with Crippen LogP contribution in [0.3, 0.4) is 0 Å². The molecule has 0 unspecified atom stereocenters. The molecule has 0 amide bonds. The summed E-state index contributed by atoms with van der Waals surface area (Å²) >= 11 is 0. The summed E-state index contributed by atoms with van der Waals surface area (Å²) in [6.07, 6.45) is 18.9. The lowest BCUT2D eigenvalue weighted by Crippen LogP contribution is -2.17. The van der Waals surface area contributed by atoms with Crippen molar-refractivity contribution in [2.75, 3.05) is 13.2 Å². The van der Waals surface area contributed by atoms with Crippen LogP contribution in [0.4, 0.5) is 0 Å². The minimum Gasteiger partial charge on any atom is -0.370 e. The van der Waals surface area contributed by atoms with Crippen LogP contribution in [0.2, 0.25) is 0 Å². The van der Waals surface area contributed by atoms with Crippen molar-refractivity contribution in [1.29, 1.82) is 0 Å². The lowest BCUT2D eigenvalue weighted by Gasteiger charge is -2.18. The highest BCUT2D eigenvalue weighted by Gasteiger charge is 2.09. The van der Waals surface area contributed by atoms with E-state index in [1.54, 1.807) is 0 Å². The highest BCUT2D eigenvalue weighted by Crippen LogP contribution is 2.11. The van der Waals surface area contributed by atoms with Gasteiger partial charge in [0.05, 0.1) is 12.2 Å². The van der Waals surface area contributed by atoms with Crippen molar-refractivity contribution in [3.63, 3.8) is 0 Å². The Labute approximate surface area is 125 Å². The van der Waals surface area contributed by atoms with Gasteiger partial charge < -0.3 is 9.47 Å². The molecule has 0 spiro atoms. The van der Waals surface area contributed by atoms with E-state index in [2.05, 4.69) is 38.2 Å². The van der Waals surface area contributed by atoms with Crippen LogP contribution in [0.5, 0.6) is 0 Å². The van der Waals surface area contributed by atoms with E-state index in [9.17, 15) is 0 Å². The Hall–Kier alpha value is -0.600. The summed E-state index contributed by atoms with van der Waals surface area (Å²) in [6, 6.07) is 0. The van der Waals surface area contributed by atoms with Gasteiger partial charge in [0.2, 0.25) is 0 Å². The van der Waals surface area contributed by atoms with Crippen LogP contribution in [0.25, 0.3) is 0 Å². The SMILES string of the molecule is CCCCCCOC1C=CC(OCCCCCC)C=C1. The van der Waals surface area contributed by atoms with Gasteiger partial charge in [0, 0.05) is 13.2 Å². The van der Waals surface area contributed by atoms with E-state index in [4.69, 9.17) is 9.47 Å². The molecule has 20 heavy (non-hydrogen) atoms. The van der Waals surface area contributed by atoms with Gasteiger partial charge in [-0.15, -0.1) is 0 Å². The molecule has 2 nitrogen and oxygen atoms in total. The van der Waals surface area contributed by atoms with Gasteiger partial charge in [0.15, 0.2) is 0 Å². The number of rotatable bonds is 12. The fraction of sp³-hybridized carbons (Fsp3) is 0.778. The van der Waals surface area contributed by atoms with Crippen molar-refractivity contribution in [1.82, 2.24) is 0 Å². The molecule has 0 fully saturated rings. The largest absolute Gasteiger partial charge is 0.370 e. The summed E-state index contributed by atoms with van der Waals surface area (Å²) in [5, 5.41) is 0. The van der Waals surface area contributed by atoms with Crippen molar-refractivity contribution in [3.05, 3.63) is 24.3 Å². The smallest absolute Gasteiger partial charge is 0.0939 e. The third-order valence-corrected chi connectivity index (χ3v) is 3.60. The van der Waals surface area contributed by atoms with Crippen LogP contribution in [-0.4, -0.2) is 25.4 Å². The predicted octanol–water partition coefficient (Wildman–Crippen LogP) is 5.04. The molecule has 0 N–H and O–H groups in total. The van der Waals surface area contributed by atoms with Crippen molar-refractivity contribution >= 4 is 0 Å². The molecule has 0 aromatic heterocycles. The van der Waals surface area contributed by atoms with Gasteiger partial charge in [-0.2, -0.15) is 0 Å². The first-order valence-corrected chi connectivity index (χ1v) is 8.46. The first-order chi connectivity index (χ1) is 9.86. The molecule has 0 radical (unpaired) electrons. The van der Waals surface area contributed by atoms with Gasteiger partial charge in [-0.1, -0.05) is 76.7 Å². The van der Waals surface area contributed by atoms with E-state index in [1.165, 1.54) is 51.4 Å². The maximum absolute atomic E-state index is 5.81. The zero-order valence-electron chi connectivity index (χ0n) is 13.4. The van der Waals surface area contributed by atoms with Crippen molar-refractivity contribution in [2.45, 2.75) is 77.4 Å². The Kier molecular flexibility index (Phi) is 10.6. The summed E-state index contributed by atoms with van der Waals surface area (Å²) in [5.74, 6) is 0. The van der Waals surface area contributed by atoms with E-state index >= 15 is 0 Å². The maximum atomic E-state index is 5.81. The van der Waals surface area contributed by atoms with Crippen LogP contribution in [-0.2, 0) is 9.47 Å². The Morgan fingerprint density at radius 3 is 1.35 bits per heavy atom. The molecule has 0 heterocycles. The molecule has 0 aromatic carbocycles. The molecule has 0 aliphatic heterocycles. The Morgan fingerprint density at radius 1 is 0.600 bits per heavy atom. The van der Waals surface area contributed by atoms with Crippen molar-refractivity contribution in [3.8, 4) is 0 Å². The molecule has 0 atom stereocenters. The van der Waals surface area contributed by atoms with Gasteiger partial charge >= 0.3 is 0 Å². The fourth-order valence-electron chi connectivity index (χ4n) is 2.29. The Balaban J connectivity index is 2.01. The average molecular weight is 280 g/mol. The topological polar surface area (TPSA) is 18.5 Å². The van der Waals surface area contributed by atoms with Crippen LogP contribution in [0.15, 0.2) is 24.3 Å².